The number of aliphatic hydroxyl groups is 1. The molecule has 184 valence electrons. The number of benzene rings is 2. The van der Waals surface area contributed by atoms with Crippen LogP contribution in [0.1, 0.15) is 34.1 Å². The van der Waals surface area contributed by atoms with Crippen molar-refractivity contribution in [1.29, 1.82) is 0 Å². The lowest BCUT2D eigenvalue weighted by molar-refractivity contribution is -0.129. The van der Waals surface area contributed by atoms with Crippen molar-refractivity contribution < 1.29 is 33.7 Å². The second-order valence-corrected chi connectivity index (χ2v) is 8.66. The van der Waals surface area contributed by atoms with Crippen LogP contribution in [0, 0.1) is 5.92 Å². The Labute approximate surface area is 207 Å². The zero-order chi connectivity index (χ0) is 25.3. The summed E-state index contributed by atoms with van der Waals surface area (Å²) in [6.07, 6.45) is 1.71. The second-order valence-electron chi connectivity index (χ2n) is 8.29. The zero-order valence-electron chi connectivity index (χ0n) is 19.4. The lowest BCUT2D eigenvalue weighted by Crippen LogP contribution is -2.55. The molecule has 0 aromatic heterocycles. The van der Waals surface area contributed by atoms with E-state index in [0.717, 1.165) is 0 Å². The average Bonchev–Trinajstić information content (AvgIpc) is 3.17. The molecule has 2 atom stereocenters. The van der Waals surface area contributed by atoms with Crippen molar-refractivity contribution >= 4 is 34.8 Å². The molecule has 0 radical (unpaired) electrons. The van der Waals surface area contributed by atoms with Gasteiger partial charge >= 0.3 is 0 Å². The number of nitrogens with one attached hydrogen (secondary N) is 2. The summed E-state index contributed by atoms with van der Waals surface area (Å²) in [7, 11) is 2.85. The van der Waals surface area contributed by atoms with Gasteiger partial charge in [-0.3, -0.25) is 14.4 Å². The Kier molecular flexibility index (Phi) is 6.73. The number of carbonyl (C=O) groups is 3. The highest BCUT2D eigenvalue weighted by molar-refractivity contribution is 6.36. The van der Waals surface area contributed by atoms with Crippen molar-refractivity contribution in [2.24, 2.45) is 5.92 Å². The molecule has 35 heavy (non-hydrogen) atoms. The Balaban J connectivity index is 1.58. The highest BCUT2D eigenvalue weighted by atomic mass is 35.5. The molecular formula is C25H25ClN2O7. The summed E-state index contributed by atoms with van der Waals surface area (Å²) in [6, 6.07) is 8.17. The molecule has 0 bridgehead atoms. The number of Topliss-reactive ketones (excluding diaryl/α,β-unsaturated/α-hetero) is 1. The van der Waals surface area contributed by atoms with Crippen LogP contribution in [0.25, 0.3) is 0 Å². The summed E-state index contributed by atoms with van der Waals surface area (Å²) in [5.41, 5.74) is 0.0918. The molecule has 9 nitrogen and oxygen atoms in total. The highest BCUT2D eigenvalue weighted by Crippen LogP contribution is 2.53. The number of hydrogen-bond donors (Lipinski definition) is 3. The van der Waals surface area contributed by atoms with E-state index in [0.29, 0.717) is 23.4 Å². The van der Waals surface area contributed by atoms with E-state index in [1.807, 2.05) is 0 Å². The number of hydrogen-bond acceptors (Lipinski definition) is 8. The normalized spacial score (nSPS) is 20.7. The van der Waals surface area contributed by atoms with Gasteiger partial charge in [0.05, 0.1) is 20.8 Å². The Hall–Kier alpha value is -3.56. The maximum Gasteiger partial charge on any atom is 0.251 e. The van der Waals surface area contributed by atoms with Crippen molar-refractivity contribution in [3.63, 3.8) is 0 Å². The first-order chi connectivity index (χ1) is 16.8. The van der Waals surface area contributed by atoms with Gasteiger partial charge in [0.1, 0.15) is 22.1 Å². The van der Waals surface area contributed by atoms with E-state index in [2.05, 4.69) is 10.6 Å². The number of methoxy groups -OCH3 is 2. The number of halogens is 1. The smallest absolute Gasteiger partial charge is 0.251 e. The number of aliphatic hydroxyl groups excluding tert-OH is 1. The first-order valence-electron chi connectivity index (χ1n) is 11.0. The van der Waals surface area contributed by atoms with Crippen molar-refractivity contribution in [3.8, 4) is 17.2 Å². The number of allylic oxidation sites excluding steroid dienone is 1. The number of ether oxygens (including phenoxy) is 3. The summed E-state index contributed by atoms with van der Waals surface area (Å²) in [5.74, 6) is -1.24. The topological polar surface area (TPSA) is 123 Å². The SMILES string of the molecule is COc1cc(OC)c2c(c1Cl)O[C@@]1(C(=O)C=C(Nc3ccc(C(=O)NCCO)cc3)C[C@H]1C)C2=O. The Morgan fingerprint density at radius 3 is 2.49 bits per heavy atom. The number of amides is 1. The van der Waals surface area contributed by atoms with Crippen LogP contribution in [0.2, 0.25) is 5.02 Å². The lowest BCUT2D eigenvalue weighted by Gasteiger charge is -2.35. The average molecular weight is 501 g/mol. The molecule has 0 saturated heterocycles. The predicted molar refractivity (Wildman–Crippen MR) is 129 cm³/mol. The largest absolute Gasteiger partial charge is 0.496 e. The molecular weight excluding hydrogens is 476 g/mol. The molecule has 1 amide bonds. The summed E-state index contributed by atoms with van der Waals surface area (Å²) >= 11 is 6.41. The van der Waals surface area contributed by atoms with Gasteiger partial charge in [-0.05, 0) is 30.7 Å². The van der Waals surface area contributed by atoms with Crippen molar-refractivity contribution in [2.75, 3.05) is 32.7 Å². The Bertz CT molecular complexity index is 1230. The van der Waals surface area contributed by atoms with E-state index in [1.54, 1.807) is 31.2 Å². The summed E-state index contributed by atoms with van der Waals surface area (Å²) in [4.78, 5) is 38.9. The molecule has 1 heterocycles. The van der Waals surface area contributed by atoms with E-state index in [1.165, 1.54) is 26.4 Å². The van der Waals surface area contributed by atoms with Crippen LogP contribution < -0.4 is 24.8 Å². The minimum Gasteiger partial charge on any atom is -0.496 e. The number of carbonyl (C=O) groups excluding carboxylic acids is 3. The lowest BCUT2D eigenvalue weighted by atomic mass is 9.74. The summed E-state index contributed by atoms with van der Waals surface area (Å²) < 4.78 is 16.7. The van der Waals surface area contributed by atoms with Gasteiger partial charge in [0.2, 0.25) is 17.2 Å². The molecule has 1 aliphatic heterocycles. The third-order valence-corrected chi connectivity index (χ3v) is 6.52. The third-order valence-electron chi connectivity index (χ3n) is 6.16. The quantitative estimate of drug-likeness (QED) is 0.496. The van der Waals surface area contributed by atoms with Gasteiger partial charge in [0.25, 0.3) is 5.91 Å². The molecule has 0 saturated carbocycles. The van der Waals surface area contributed by atoms with Crippen LogP contribution in [-0.4, -0.2) is 55.6 Å². The molecule has 1 spiro atoms. The molecule has 3 N–H and O–H groups in total. The molecule has 0 fully saturated rings. The van der Waals surface area contributed by atoms with Crippen molar-refractivity contribution in [2.45, 2.75) is 18.9 Å². The Morgan fingerprint density at radius 1 is 1.20 bits per heavy atom. The third kappa shape index (κ3) is 4.11. The zero-order valence-corrected chi connectivity index (χ0v) is 20.2. The minimum absolute atomic E-state index is 0.0768. The van der Waals surface area contributed by atoms with Gasteiger partial charge in [-0.1, -0.05) is 18.5 Å². The standard InChI is InChI=1S/C25H25ClN2O7/c1-13-10-16(28-15-6-4-14(5-7-15)24(32)27-8-9-29)11-19(30)25(13)23(31)20-17(33-2)12-18(34-3)21(26)22(20)35-25/h4-7,11-13,28-29H,8-10H2,1-3H3,(H,27,32)/t13-,25+/m1/s1. The molecule has 2 aromatic rings. The highest BCUT2D eigenvalue weighted by Gasteiger charge is 2.60. The van der Waals surface area contributed by atoms with Gasteiger partial charge in [-0.25, -0.2) is 0 Å². The second kappa shape index (κ2) is 9.59. The molecule has 0 unspecified atom stereocenters. The molecule has 1 aliphatic carbocycles. The van der Waals surface area contributed by atoms with Gasteiger partial charge in [0, 0.05) is 41.6 Å². The number of anilines is 1. The van der Waals surface area contributed by atoms with Gasteiger partial charge in [0.15, 0.2) is 5.75 Å². The first-order valence-corrected chi connectivity index (χ1v) is 11.3. The Morgan fingerprint density at radius 2 is 1.89 bits per heavy atom. The summed E-state index contributed by atoms with van der Waals surface area (Å²) in [5, 5.41) is 14.7. The predicted octanol–water partition coefficient (Wildman–Crippen LogP) is 3.00. The first kappa shape index (κ1) is 24.6. The van der Waals surface area contributed by atoms with Gasteiger partial charge in [-0.15, -0.1) is 0 Å². The van der Waals surface area contributed by atoms with Crippen LogP contribution in [0.3, 0.4) is 0 Å². The van der Waals surface area contributed by atoms with Crippen LogP contribution >= 0.6 is 11.6 Å². The van der Waals surface area contributed by atoms with Crippen LogP contribution in [0.5, 0.6) is 17.2 Å². The number of fused-ring (bicyclic) bond motifs is 1. The van der Waals surface area contributed by atoms with E-state index in [4.69, 9.17) is 30.9 Å². The van der Waals surface area contributed by atoms with Crippen molar-refractivity contribution in [1.82, 2.24) is 5.32 Å². The number of ketones is 2. The molecule has 10 heteroatoms. The van der Waals surface area contributed by atoms with Crippen LogP contribution in [0.4, 0.5) is 5.69 Å². The van der Waals surface area contributed by atoms with Crippen LogP contribution in [0.15, 0.2) is 42.1 Å². The fourth-order valence-electron chi connectivity index (χ4n) is 4.38. The molecule has 2 aromatic carbocycles. The number of rotatable bonds is 7. The maximum atomic E-state index is 13.5. The van der Waals surface area contributed by atoms with Crippen molar-refractivity contribution in [3.05, 3.63) is 58.3 Å². The van der Waals surface area contributed by atoms with Gasteiger partial charge in [-0.2, -0.15) is 0 Å². The monoisotopic (exact) mass is 500 g/mol. The fraction of sp³-hybridized carbons (Fsp3) is 0.320. The van der Waals surface area contributed by atoms with E-state index < -0.39 is 23.1 Å². The molecule has 2 aliphatic rings. The fourth-order valence-corrected chi connectivity index (χ4v) is 4.64. The maximum absolute atomic E-state index is 13.5. The minimum atomic E-state index is -1.74. The molecule has 4 rings (SSSR count). The van der Waals surface area contributed by atoms with E-state index in [-0.39, 0.29) is 46.9 Å². The van der Waals surface area contributed by atoms with E-state index >= 15 is 0 Å². The van der Waals surface area contributed by atoms with Crippen LogP contribution in [-0.2, 0) is 4.79 Å². The van der Waals surface area contributed by atoms with E-state index in [9.17, 15) is 14.4 Å². The van der Waals surface area contributed by atoms with Gasteiger partial charge < -0.3 is 30.0 Å². The summed E-state index contributed by atoms with van der Waals surface area (Å²) in [6.45, 7) is 1.79.